The molecule has 0 aromatic heterocycles. The second kappa shape index (κ2) is 7.11. The Kier molecular flexibility index (Phi) is 5.16. The van der Waals surface area contributed by atoms with Crippen molar-refractivity contribution in [2.45, 2.75) is 38.4 Å². The summed E-state index contributed by atoms with van der Waals surface area (Å²) in [7, 11) is 0. The molecule has 0 radical (unpaired) electrons. The molecule has 120 valence electrons. The van der Waals surface area contributed by atoms with Crippen LogP contribution in [-0.2, 0) is 11.3 Å². The van der Waals surface area contributed by atoms with Gasteiger partial charge in [0.05, 0.1) is 6.04 Å². The highest BCUT2D eigenvalue weighted by Gasteiger charge is 2.29. The third kappa shape index (κ3) is 4.31. The van der Waals surface area contributed by atoms with E-state index < -0.39 is 0 Å². The summed E-state index contributed by atoms with van der Waals surface area (Å²) < 4.78 is 1.13. The molecule has 3 rings (SSSR count). The highest BCUT2D eigenvalue weighted by Crippen LogP contribution is 2.19. The molecule has 1 aromatic rings. The Labute approximate surface area is 141 Å². The van der Waals surface area contributed by atoms with E-state index in [1.807, 2.05) is 6.92 Å². The first-order valence-electron chi connectivity index (χ1n) is 8.13. The summed E-state index contributed by atoms with van der Waals surface area (Å²) in [4.78, 5) is 16.9. The van der Waals surface area contributed by atoms with Crippen molar-refractivity contribution in [2.24, 2.45) is 0 Å². The summed E-state index contributed by atoms with van der Waals surface area (Å²) >= 11 is 3.52. The van der Waals surface area contributed by atoms with Gasteiger partial charge in [0, 0.05) is 43.2 Å². The predicted octanol–water partition coefficient (Wildman–Crippen LogP) is 2.23. The fourth-order valence-electron chi connectivity index (χ4n) is 2.92. The molecule has 1 N–H and O–H groups in total. The van der Waals surface area contributed by atoms with Gasteiger partial charge in [-0.25, -0.2) is 0 Å². The first-order chi connectivity index (χ1) is 10.6. The Morgan fingerprint density at radius 1 is 1.32 bits per heavy atom. The van der Waals surface area contributed by atoms with Gasteiger partial charge in [-0.1, -0.05) is 28.1 Å². The molecule has 0 spiro atoms. The minimum absolute atomic E-state index is 0.00591. The Morgan fingerprint density at radius 2 is 2.05 bits per heavy atom. The molecule has 1 aliphatic heterocycles. The zero-order valence-corrected chi connectivity index (χ0v) is 14.7. The van der Waals surface area contributed by atoms with Gasteiger partial charge in [-0.3, -0.25) is 14.6 Å². The summed E-state index contributed by atoms with van der Waals surface area (Å²) in [6.45, 7) is 6.99. The van der Waals surface area contributed by atoms with E-state index in [0.717, 1.165) is 50.0 Å². The topological polar surface area (TPSA) is 35.6 Å². The van der Waals surface area contributed by atoms with Crippen LogP contribution >= 0.6 is 15.9 Å². The molecular formula is C17H24BrN3O. The molecular weight excluding hydrogens is 342 g/mol. The van der Waals surface area contributed by atoms with Crippen LogP contribution in [0.1, 0.15) is 25.3 Å². The predicted molar refractivity (Wildman–Crippen MR) is 91.6 cm³/mol. The van der Waals surface area contributed by atoms with Gasteiger partial charge in [0.1, 0.15) is 0 Å². The number of nitrogens with zero attached hydrogens (tertiary/aromatic N) is 2. The lowest BCUT2D eigenvalue weighted by Gasteiger charge is -2.37. The molecule has 22 heavy (non-hydrogen) atoms. The monoisotopic (exact) mass is 365 g/mol. The van der Waals surface area contributed by atoms with Gasteiger partial charge in [0.15, 0.2) is 0 Å². The zero-order chi connectivity index (χ0) is 15.5. The number of rotatable bonds is 5. The number of carbonyl (C=O) groups excluding carboxylic acids is 1. The summed E-state index contributed by atoms with van der Waals surface area (Å²) in [6, 6.07) is 8.93. The van der Waals surface area contributed by atoms with Crippen molar-refractivity contribution >= 4 is 21.8 Å². The Morgan fingerprint density at radius 3 is 2.68 bits per heavy atom. The fraction of sp³-hybridized carbons (Fsp3) is 0.588. The van der Waals surface area contributed by atoms with Crippen molar-refractivity contribution < 1.29 is 4.79 Å². The average Bonchev–Trinajstić information content (AvgIpc) is 3.31. The largest absolute Gasteiger partial charge is 0.352 e. The smallest absolute Gasteiger partial charge is 0.237 e. The van der Waals surface area contributed by atoms with Gasteiger partial charge in [-0.15, -0.1) is 0 Å². The first-order valence-corrected chi connectivity index (χ1v) is 8.92. The second-order valence-electron chi connectivity index (χ2n) is 6.40. The lowest BCUT2D eigenvalue weighted by atomic mass is 10.1. The SMILES string of the molecule is CC(C(=O)NC1CC1)N1CCN(Cc2cccc(Br)c2)CC1. The van der Waals surface area contributed by atoms with Gasteiger partial charge >= 0.3 is 0 Å². The summed E-state index contributed by atoms with van der Waals surface area (Å²) in [5, 5.41) is 3.11. The quantitative estimate of drug-likeness (QED) is 0.868. The molecule has 1 saturated carbocycles. The van der Waals surface area contributed by atoms with E-state index in [4.69, 9.17) is 0 Å². The zero-order valence-electron chi connectivity index (χ0n) is 13.1. The van der Waals surface area contributed by atoms with Crippen LogP contribution in [0.3, 0.4) is 0 Å². The lowest BCUT2D eigenvalue weighted by Crippen LogP contribution is -2.53. The third-order valence-corrected chi connectivity index (χ3v) is 5.05. The highest BCUT2D eigenvalue weighted by molar-refractivity contribution is 9.10. The first kappa shape index (κ1) is 16.0. The minimum Gasteiger partial charge on any atom is -0.352 e. The van der Waals surface area contributed by atoms with Crippen LogP contribution in [0.2, 0.25) is 0 Å². The van der Waals surface area contributed by atoms with Gasteiger partial charge in [0.25, 0.3) is 0 Å². The van der Waals surface area contributed by atoms with Gasteiger partial charge in [0.2, 0.25) is 5.91 Å². The molecule has 2 fully saturated rings. The second-order valence-corrected chi connectivity index (χ2v) is 7.32. The number of carbonyl (C=O) groups is 1. The molecule has 0 bridgehead atoms. The van der Waals surface area contributed by atoms with Crippen molar-refractivity contribution in [3.63, 3.8) is 0 Å². The maximum Gasteiger partial charge on any atom is 0.237 e. The number of halogens is 1. The molecule has 1 unspecified atom stereocenters. The van der Waals surface area contributed by atoms with E-state index in [-0.39, 0.29) is 11.9 Å². The molecule has 1 aromatic carbocycles. The highest BCUT2D eigenvalue weighted by atomic mass is 79.9. The lowest BCUT2D eigenvalue weighted by molar-refractivity contribution is -0.126. The van der Waals surface area contributed by atoms with E-state index in [9.17, 15) is 4.79 Å². The minimum atomic E-state index is -0.00591. The van der Waals surface area contributed by atoms with Crippen molar-refractivity contribution in [3.8, 4) is 0 Å². The summed E-state index contributed by atoms with van der Waals surface area (Å²) in [5.74, 6) is 0.197. The Hall–Kier alpha value is -0.910. The van der Waals surface area contributed by atoms with Crippen LogP contribution in [0, 0.1) is 0 Å². The van der Waals surface area contributed by atoms with Crippen LogP contribution in [0.5, 0.6) is 0 Å². The van der Waals surface area contributed by atoms with Gasteiger partial charge in [-0.05, 0) is 37.5 Å². The average molecular weight is 366 g/mol. The van der Waals surface area contributed by atoms with Crippen molar-refractivity contribution in [3.05, 3.63) is 34.3 Å². The van der Waals surface area contributed by atoms with E-state index in [1.54, 1.807) is 0 Å². The van der Waals surface area contributed by atoms with E-state index in [0.29, 0.717) is 6.04 Å². The molecule has 1 amide bonds. The standard InChI is InChI=1S/C17H24BrN3O/c1-13(17(22)19-16-5-6-16)21-9-7-20(8-10-21)12-14-3-2-4-15(18)11-14/h2-4,11,13,16H,5-10,12H2,1H3,(H,19,22). The maximum absolute atomic E-state index is 12.1. The van der Waals surface area contributed by atoms with E-state index in [1.165, 1.54) is 5.56 Å². The number of hydrogen-bond acceptors (Lipinski definition) is 3. The molecule has 1 saturated heterocycles. The van der Waals surface area contributed by atoms with Crippen molar-refractivity contribution in [1.82, 2.24) is 15.1 Å². The molecule has 4 nitrogen and oxygen atoms in total. The van der Waals surface area contributed by atoms with Crippen molar-refractivity contribution in [2.75, 3.05) is 26.2 Å². The van der Waals surface area contributed by atoms with Crippen LogP contribution < -0.4 is 5.32 Å². The van der Waals surface area contributed by atoms with Gasteiger partial charge in [-0.2, -0.15) is 0 Å². The number of piperazine rings is 1. The number of amides is 1. The van der Waals surface area contributed by atoms with Crippen LogP contribution in [0.4, 0.5) is 0 Å². The number of hydrogen-bond donors (Lipinski definition) is 1. The summed E-state index contributed by atoms with van der Waals surface area (Å²) in [6.07, 6.45) is 2.30. The fourth-order valence-corrected chi connectivity index (χ4v) is 3.36. The van der Waals surface area contributed by atoms with Crippen LogP contribution in [0.15, 0.2) is 28.7 Å². The number of nitrogens with one attached hydrogen (secondary N) is 1. The maximum atomic E-state index is 12.1. The molecule has 1 aliphatic carbocycles. The molecule has 5 heteroatoms. The van der Waals surface area contributed by atoms with Gasteiger partial charge < -0.3 is 5.32 Å². The Bertz CT molecular complexity index is 524. The molecule has 1 heterocycles. The Balaban J connectivity index is 1.46. The molecule has 1 atom stereocenters. The normalized spacial score (nSPS) is 21.5. The van der Waals surface area contributed by atoms with Crippen LogP contribution in [0.25, 0.3) is 0 Å². The van der Waals surface area contributed by atoms with E-state index >= 15 is 0 Å². The van der Waals surface area contributed by atoms with Crippen molar-refractivity contribution in [1.29, 1.82) is 0 Å². The third-order valence-electron chi connectivity index (χ3n) is 4.55. The summed E-state index contributed by atoms with van der Waals surface area (Å²) in [5.41, 5.74) is 1.34. The van der Waals surface area contributed by atoms with Crippen LogP contribution in [-0.4, -0.2) is 54.0 Å². The number of benzene rings is 1. The van der Waals surface area contributed by atoms with E-state index in [2.05, 4.69) is 55.3 Å². The molecule has 2 aliphatic rings.